The molecular weight excluding hydrogens is 371 g/mol. The normalized spacial score (nSPS) is 10.4. The van der Waals surface area contributed by atoms with Gasteiger partial charge in [-0.15, -0.1) is 0 Å². The number of rotatable bonds is 4. The summed E-state index contributed by atoms with van der Waals surface area (Å²) in [6.45, 7) is 3.42. The average Bonchev–Trinajstić information content (AvgIpc) is 2.52. The zero-order valence-corrected chi connectivity index (χ0v) is 17.5. The Morgan fingerprint density at radius 1 is 1.08 bits per heavy atom. The number of amides is 2. The summed E-state index contributed by atoms with van der Waals surface area (Å²) in [6.07, 6.45) is 0. The van der Waals surface area contributed by atoms with Gasteiger partial charge in [0.1, 0.15) is 4.90 Å². The number of carbonyl (C=O) groups excluding carboxylic acids is 2. The number of nitrogens with one attached hydrogen (secondary N) is 2. The molecule has 0 aliphatic rings. The number of benzene rings is 1. The summed E-state index contributed by atoms with van der Waals surface area (Å²) in [7, 11) is -3.18. The van der Waals surface area contributed by atoms with Crippen LogP contribution in [0.15, 0.2) is 35.2 Å². The molecule has 0 aliphatic carbocycles. The molecule has 0 atom stereocenters. The number of hydrogen-bond donors (Lipinski definition) is 2. The molecule has 0 aliphatic heterocycles. The third-order valence-electron chi connectivity index (χ3n) is 3.02. The number of anilines is 1. The van der Waals surface area contributed by atoms with Crippen LogP contribution in [0.1, 0.15) is 21.7 Å². The molecule has 0 unspecified atom stereocenters. The number of aryl methyl sites for hydroxylation is 2. The smallest absolute Gasteiger partial charge is 0.339 e. The third-order valence-corrected chi connectivity index (χ3v) is 4.41. The largest absolute Gasteiger partial charge is 0.465 e. The van der Waals surface area contributed by atoms with Crippen LogP contribution in [-0.2, 0) is 14.8 Å². The molecule has 0 saturated carbocycles. The molecule has 0 fully saturated rings. The number of ether oxygens (including phenoxy) is 1. The molecule has 1 heterocycles. The summed E-state index contributed by atoms with van der Waals surface area (Å²) in [5.74, 6) is -0.870. The van der Waals surface area contributed by atoms with Crippen LogP contribution in [0.3, 0.4) is 0 Å². The van der Waals surface area contributed by atoms with Gasteiger partial charge in [-0.05, 0) is 32.0 Å². The van der Waals surface area contributed by atoms with Crippen LogP contribution in [0.4, 0.5) is 10.7 Å². The topological polar surface area (TPSA) is 127 Å². The Hall–Kier alpha value is -2.01. The first-order valence-corrected chi connectivity index (χ1v) is 8.54. The summed E-state index contributed by atoms with van der Waals surface area (Å²) in [6, 6.07) is 6.03. The first-order chi connectivity index (χ1) is 11.7. The van der Waals surface area contributed by atoms with E-state index in [4.69, 9.17) is 0 Å². The summed E-state index contributed by atoms with van der Waals surface area (Å²) in [4.78, 5) is 31.3. The van der Waals surface area contributed by atoms with E-state index in [0.29, 0.717) is 11.4 Å². The quantitative estimate of drug-likeness (QED) is 0.592. The van der Waals surface area contributed by atoms with Crippen molar-refractivity contribution in [2.24, 2.45) is 0 Å². The van der Waals surface area contributed by atoms with Crippen LogP contribution in [0.5, 0.6) is 0 Å². The molecule has 11 heteroatoms. The van der Waals surface area contributed by atoms with E-state index in [1.165, 1.54) is 24.3 Å². The van der Waals surface area contributed by atoms with Crippen LogP contribution >= 0.6 is 0 Å². The van der Waals surface area contributed by atoms with Crippen LogP contribution in [0.25, 0.3) is 0 Å². The van der Waals surface area contributed by atoms with Crippen molar-refractivity contribution in [2.75, 3.05) is 12.4 Å². The van der Waals surface area contributed by atoms with Crippen LogP contribution in [0, 0.1) is 13.8 Å². The molecule has 0 bridgehead atoms. The second-order valence-electron chi connectivity index (χ2n) is 5.02. The molecule has 26 heavy (non-hydrogen) atoms. The van der Waals surface area contributed by atoms with Gasteiger partial charge in [0, 0.05) is 40.9 Å². The Balaban J connectivity index is 0.00000338. The average molecular weight is 387 g/mol. The second kappa shape index (κ2) is 9.08. The number of carbonyl (C=O) groups is 2. The molecule has 1 radical (unpaired) electrons. The minimum atomic E-state index is -4.30. The Labute approximate surface area is 172 Å². The third kappa shape index (κ3) is 5.49. The first-order valence-electron chi connectivity index (χ1n) is 7.06. The Morgan fingerprint density at radius 3 is 2.23 bits per heavy atom. The maximum absolute atomic E-state index is 12.4. The number of nitrogens with zero attached hydrogens (tertiary/aromatic N) is 2. The van der Waals surface area contributed by atoms with E-state index in [1.807, 2.05) is 4.72 Å². The second-order valence-corrected chi connectivity index (χ2v) is 6.67. The first kappa shape index (κ1) is 22.0. The molecule has 2 aromatic rings. The van der Waals surface area contributed by atoms with Gasteiger partial charge in [0.05, 0.1) is 12.7 Å². The summed E-state index contributed by atoms with van der Waals surface area (Å²) in [5.41, 5.74) is 1.04. The van der Waals surface area contributed by atoms with E-state index in [9.17, 15) is 18.0 Å². The molecule has 2 amide bonds. The fourth-order valence-corrected chi connectivity index (χ4v) is 3.17. The zero-order chi connectivity index (χ0) is 18.6. The van der Waals surface area contributed by atoms with Crippen molar-refractivity contribution in [3.63, 3.8) is 0 Å². The number of urea groups is 1. The molecule has 0 spiro atoms. The van der Waals surface area contributed by atoms with Crippen molar-refractivity contribution < 1.29 is 22.7 Å². The van der Waals surface area contributed by atoms with E-state index in [1.54, 1.807) is 19.9 Å². The van der Waals surface area contributed by atoms with Crippen molar-refractivity contribution in [2.45, 2.75) is 18.7 Å². The van der Waals surface area contributed by atoms with Crippen LogP contribution in [0.2, 0.25) is 0 Å². The number of methoxy groups -OCH3 is 1. The monoisotopic (exact) mass is 387 g/mol. The van der Waals surface area contributed by atoms with Crippen molar-refractivity contribution in [3.05, 3.63) is 47.3 Å². The molecule has 2 rings (SSSR count). The minimum absolute atomic E-state index is 0. The fraction of sp³-hybridized carbons (Fsp3) is 0.200. The van der Waals surface area contributed by atoms with E-state index >= 15 is 0 Å². The molecule has 1 aromatic carbocycles. The van der Waals surface area contributed by atoms with Crippen molar-refractivity contribution in [3.8, 4) is 0 Å². The maximum Gasteiger partial charge on any atom is 0.339 e. The summed E-state index contributed by atoms with van der Waals surface area (Å²) < 4.78 is 31.1. The molecule has 9 nitrogen and oxygen atoms in total. The predicted octanol–water partition coefficient (Wildman–Crippen LogP) is 1.01. The van der Waals surface area contributed by atoms with Crippen molar-refractivity contribution >= 4 is 57.5 Å². The molecule has 2 N–H and O–H groups in total. The van der Waals surface area contributed by atoms with E-state index in [0.717, 1.165) is 7.11 Å². The van der Waals surface area contributed by atoms with Gasteiger partial charge in [-0.25, -0.2) is 32.7 Å². The number of esters is 1. The van der Waals surface area contributed by atoms with Gasteiger partial charge in [-0.3, -0.25) is 5.32 Å². The Bertz CT molecular complexity index is 913. The standard InChI is InChI=1S/C15H16N4O5S.Na/c1-9-8-10(2)17-14(16-9)18-15(21)19-25(22,23)12-7-5-4-6-11(12)13(20)24-3;/h4-8H,1-3H3,(H2,16,17,18,19,21);. The van der Waals surface area contributed by atoms with Gasteiger partial charge >= 0.3 is 12.0 Å². The minimum Gasteiger partial charge on any atom is -0.465 e. The Morgan fingerprint density at radius 2 is 1.65 bits per heavy atom. The van der Waals surface area contributed by atoms with Crippen molar-refractivity contribution in [1.29, 1.82) is 0 Å². The molecular formula is C15H16N4NaO5S. The summed E-state index contributed by atoms with van der Waals surface area (Å²) >= 11 is 0. The maximum atomic E-state index is 12.4. The van der Waals surface area contributed by atoms with E-state index < -0.39 is 22.0 Å². The predicted molar refractivity (Wildman–Crippen MR) is 94.4 cm³/mol. The number of aromatic nitrogens is 2. The van der Waals surface area contributed by atoms with Crippen LogP contribution < -0.4 is 10.0 Å². The zero-order valence-electron chi connectivity index (χ0n) is 14.7. The van der Waals surface area contributed by atoms with Gasteiger partial charge in [0.2, 0.25) is 5.95 Å². The molecule has 0 saturated heterocycles. The van der Waals surface area contributed by atoms with Crippen molar-refractivity contribution in [1.82, 2.24) is 14.7 Å². The SMILES string of the molecule is COC(=O)c1ccccc1S(=O)(=O)NC(=O)Nc1nc(C)cc(C)n1.[Na]. The van der Waals surface area contributed by atoms with Gasteiger partial charge in [0.15, 0.2) is 0 Å². The van der Waals surface area contributed by atoms with Gasteiger partial charge in [-0.2, -0.15) is 0 Å². The van der Waals surface area contributed by atoms with Gasteiger partial charge in [-0.1, -0.05) is 12.1 Å². The van der Waals surface area contributed by atoms with E-state index in [-0.39, 0.29) is 46.0 Å². The Kier molecular flexibility index (Phi) is 7.69. The van der Waals surface area contributed by atoms with E-state index in [2.05, 4.69) is 20.0 Å². The fourth-order valence-electron chi connectivity index (χ4n) is 2.07. The molecule has 1 aromatic heterocycles. The van der Waals surface area contributed by atoms with Crippen LogP contribution in [-0.4, -0.2) is 67.1 Å². The summed E-state index contributed by atoms with van der Waals surface area (Å²) in [5, 5.41) is 2.24. The van der Waals surface area contributed by atoms with Gasteiger partial charge in [0.25, 0.3) is 10.0 Å². The number of sulfonamides is 1. The van der Waals surface area contributed by atoms with Gasteiger partial charge < -0.3 is 4.74 Å². The number of hydrogen-bond acceptors (Lipinski definition) is 7. The molecule has 133 valence electrons.